The number of halogens is 2. The zero-order valence-corrected chi connectivity index (χ0v) is 21.3. The van der Waals surface area contributed by atoms with Crippen LogP contribution in [0, 0.1) is 6.92 Å². The Kier molecular flexibility index (Phi) is 7.77. The number of aliphatic hydroxyl groups is 1. The number of nitrogens with zero attached hydrogens (tertiary/aromatic N) is 3. The third-order valence-electron chi connectivity index (χ3n) is 6.60. The van der Waals surface area contributed by atoms with E-state index in [1.54, 1.807) is 6.07 Å². The highest BCUT2D eigenvalue weighted by Gasteiger charge is 2.22. The van der Waals surface area contributed by atoms with E-state index in [2.05, 4.69) is 14.8 Å². The summed E-state index contributed by atoms with van der Waals surface area (Å²) in [5.41, 5.74) is 3.19. The van der Waals surface area contributed by atoms with Crippen molar-refractivity contribution in [3.63, 3.8) is 0 Å². The number of aliphatic hydroxyl groups excluding tert-OH is 1. The molecule has 0 aliphatic carbocycles. The SMILES string of the molecule is Cc1ncc(CN2CCN(CCO)CC2)c2cc(-c3cc(=O)oc4cc5c(cc34)OCO5)oc12.Cl.Cl. The van der Waals surface area contributed by atoms with E-state index in [0.29, 0.717) is 40.5 Å². The number of rotatable bonds is 5. The Hall–Kier alpha value is -2.82. The fourth-order valence-electron chi connectivity index (χ4n) is 4.77. The minimum Gasteiger partial charge on any atom is -0.454 e. The van der Waals surface area contributed by atoms with Gasteiger partial charge in [-0.1, -0.05) is 0 Å². The smallest absolute Gasteiger partial charge is 0.336 e. The van der Waals surface area contributed by atoms with Crippen molar-refractivity contribution in [1.82, 2.24) is 14.8 Å². The van der Waals surface area contributed by atoms with Gasteiger partial charge >= 0.3 is 5.63 Å². The van der Waals surface area contributed by atoms with E-state index in [-0.39, 0.29) is 38.2 Å². The lowest BCUT2D eigenvalue weighted by Gasteiger charge is -2.34. The summed E-state index contributed by atoms with van der Waals surface area (Å²) in [6, 6.07) is 6.94. The molecule has 0 atom stereocenters. The summed E-state index contributed by atoms with van der Waals surface area (Å²) >= 11 is 0. The predicted octanol–water partition coefficient (Wildman–Crippen LogP) is 3.59. The number of furan rings is 1. The molecule has 2 aliphatic rings. The molecule has 0 spiro atoms. The van der Waals surface area contributed by atoms with Crippen molar-refractivity contribution in [3.05, 3.63) is 52.1 Å². The van der Waals surface area contributed by atoms with Gasteiger partial charge in [-0.15, -0.1) is 24.8 Å². The first kappa shape index (κ1) is 26.2. The van der Waals surface area contributed by atoms with Gasteiger partial charge in [0.05, 0.1) is 12.3 Å². The Morgan fingerprint density at radius 2 is 1.67 bits per heavy atom. The van der Waals surface area contributed by atoms with Crippen molar-refractivity contribution in [1.29, 1.82) is 0 Å². The van der Waals surface area contributed by atoms with E-state index in [4.69, 9.17) is 18.3 Å². The number of ether oxygens (including phenoxy) is 2. The molecule has 36 heavy (non-hydrogen) atoms. The maximum atomic E-state index is 12.3. The number of hydrogen-bond donors (Lipinski definition) is 1. The van der Waals surface area contributed by atoms with Crippen LogP contribution in [0.2, 0.25) is 0 Å². The predicted molar refractivity (Wildman–Crippen MR) is 140 cm³/mol. The zero-order valence-electron chi connectivity index (χ0n) is 19.7. The molecule has 192 valence electrons. The Bertz CT molecular complexity index is 1450. The summed E-state index contributed by atoms with van der Waals surface area (Å²) in [5.74, 6) is 1.74. The normalized spacial score (nSPS) is 15.7. The summed E-state index contributed by atoms with van der Waals surface area (Å²) < 4.78 is 22.7. The fraction of sp³-hybridized carbons (Fsp3) is 0.360. The molecule has 0 bridgehead atoms. The van der Waals surface area contributed by atoms with Crippen LogP contribution in [-0.2, 0) is 6.54 Å². The highest BCUT2D eigenvalue weighted by Crippen LogP contribution is 2.40. The third kappa shape index (κ3) is 4.77. The minimum atomic E-state index is -0.461. The van der Waals surface area contributed by atoms with Gasteiger partial charge < -0.3 is 23.4 Å². The van der Waals surface area contributed by atoms with Crippen molar-refractivity contribution in [2.45, 2.75) is 13.5 Å². The summed E-state index contributed by atoms with van der Waals surface area (Å²) in [4.78, 5) is 21.6. The number of fused-ring (bicyclic) bond motifs is 3. The van der Waals surface area contributed by atoms with Crippen LogP contribution in [0.3, 0.4) is 0 Å². The first-order valence-corrected chi connectivity index (χ1v) is 11.4. The second kappa shape index (κ2) is 10.7. The molecule has 0 radical (unpaired) electrons. The number of hydrogen-bond acceptors (Lipinski definition) is 9. The Labute approximate surface area is 219 Å². The lowest BCUT2D eigenvalue weighted by Crippen LogP contribution is -2.46. The second-order valence-corrected chi connectivity index (χ2v) is 8.74. The van der Waals surface area contributed by atoms with Crippen molar-refractivity contribution in [3.8, 4) is 22.8 Å². The average Bonchev–Trinajstić information content (AvgIpc) is 3.48. The highest BCUT2D eigenvalue weighted by atomic mass is 35.5. The van der Waals surface area contributed by atoms with Crippen LogP contribution in [0.1, 0.15) is 11.3 Å². The molecule has 5 heterocycles. The molecular weight excluding hydrogens is 509 g/mol. The summed E-state index contributed by atoms with van der Waals surface area (Å²) in [5, 5.41) is 10.9. The molecule has 4 aromatic rings. The molecule has 0 saturated carbocycles. The van der Waals surface area contributed by atoms with Crippen molar-refractivity contribution in [2.24, 2.45) is 0 Å². The van der Waals surface area contributed by atoms with Crippen molar-refractivity contribution in [2.75, 3.05) is 46.1 Å². The van der Waals surface area contributed by atoms with E-state index in [0.717, 1.165) is 54.8 Å². The zero-order chi connectivity index (χ0) is 23.2. The molecule has 11 heteroatoms. The number of pyridine rings is 1. The van der Waals surface area contributed by atoms with Gasteiger partial charge in [0.25, 0.3) is 0 Å². The number of piperazine rings is 1. The summed E-state index contributed by atoms with van der Waals surface area (Å²) in [6.45, 7) is 7.44. The minimum absolute atomic E-state index is 0. The number of benzene rings is 1. The molecule has 1 aromatic carbocycles. The third-order valence-corrected chi connectivity index (χ3v) is 6.60. The molecule has 0 unspecified atom stereocenters. The fourth-order valence-corrected chi connectivity index (χ4v) is 4.77. The Balaban J connectivity index is 0.00000152. The standard InChI is InChI=1S/C25H25N3O6.2ClH/c1-15-25-17(16(12-26-15)13-28-4-2-27(3-5-28)6-7-29)8-20(34-25)19-10-24(30)33-21-11-23-22(9-18(19)21)31-14-32-23;;/h8-12,29H,2-7,13-14H2,1H3;2*1H. The van der Waals surface area contributed by atoms with Gasteiger partial charge in [0.1, 0.15) is 11.3 Å². The van der Waals surface area contributed by atoms with Gasteiger partial charge in [-0.05, 0) is 24.6 Å². The quantitative estimate of drug-likeness (QED) is 0.384. The lowest BCUT2D eigenvalue weighted by molar-refractivity contribution is 0.108. The van der Waals surface area contributed by atoms with Crippen LogP contribution < -0.4 is 15.1 Å². The highest BCUT2D eigenvalue weighted by molar-refractivity contribution is 5.97. The second-order valence-electron chi connectivity index (χ2n) is 8.74. The van der Waals surface area contributed by atoms with Gasteiger partial charge in [0, 0.05) is 73.9 Å². The van der Waals surface area contributed by atoms with Crippen molar-refractivity contribution < 1.29 is 23.4 Å². The number of aryl methyl sites for hydroxylation is 1. The molecule has 2 aliphatic heterocycles. The topological polar surface area (TPSA) is 101 Å². The Morgan fingerprint density at radius 3 is 2.42 bits per heavy atom. The van der Waals surface area contributed by atoms with Gasteiger partial charge in [0.2, 0.25) is 6.79 Å². The van der Waals surface area contributed by atoms with Crippen LogP contribution >= 0.6 is 24.8 Å². The molecule has 9 nitrogen and oxygen atoms in total. The van der Waals surface area contributed by atoms with Gasteiger partial charge in [-0.3, -0.25) is 14.8 Å². The van der Waals surface area contributed by atoms with Crippen LogP contribution in [0.5, 0.6) is 11.5 Å². The molecule has 1 saturated heterocycles. The summed E-state index contributed by atoms with van der Waals surface area (Å²) in [6.07, 6.45) is 1.91. The molecule has 6 rings (SSSR count). The van der Waals surface area contributed by atoms with E-state index in [9.17, 15) is 9.90 Å². The molecule has 3 aromatic heterocycles. The molecular formula is C25H27Cl2N3O6. The van der Waals surface area contributed by atoms with E-state index in [1.165, 1.54) is 6.07 Å². The average molecular weight is 536 g/mol. The monoisotopic (exact) mass is 535 g/mol. The van der Waals surface area contributed by atoms with E-state index >= 15 is 0 Å². The first-order valence-electron chi connectivity index (χ1n) is 11.4. The lowest BCUT2D eigenvalue weighted by atomic mass is 10.1. The molecule has 1 fully saturated rings. The van der Waals surface area contributed by atoms with Crippen molar-refractivity contribution >= 4 is 46.8 Å². The van der Waals surface area contributed by atoms with Crippen LogP contribution in [-0.4, -0.2) is 66.0 Å². The van der Waals surface area contributed by atoms with E-state index < -0.39 is 5.63 Å². The number of aromatic nitrogens is 1. The summed E-state index contributed by atoms with van der Waals surface area (Å²) in [7, 11) is 0. The van der Waals surface area contributed by atoms with E-state index in [1.807, 2.05) is 25.3 Å². The molecule has 1 N–H and O–H groups in total. The Morgan fingerprint density at radius 1 is 0.944 bits per heavy atom. The van der Waals surface area contributed by atoms with Gasteiger partial charge in [0.15, 0.2) is 17.1 Å². The largest absolute Gasteiger partial charge is 0.454 e. The maximum Gasteiger partial charge on any atom is 0.336 e. The van der Waals surface area contributed by atoms with Gasteiger partial charge in [-0.2, -0.15) is 0 Å². The molecule has 0 amide bonds. The van der Waals surface area contributed by atoms with Crippen LogP contribution in [0.15, 0.2) is 44.1 Å². The van der Waals surface area contributed by atoms with Crippen LogP contribution in [0.4, 0.5) is 0 Å². The first-order chi connectivity index (χ1) is 16.6. The van der Waals surface area contributed by atoms with Gasteiger partial charge in [-0.25, -0.2) is 4.79 Å². The number of β-amino-alcohol motifs (C(OH)–C–C–N with tert-alkyl or cyclic N) is 1. The maximum absolute atomic E-state index is 12.3. The van der Waals surface area contributed by atoms with Crippen LogP contribution in [0.25, 0.3) is 33.3 Å².